The van der Waals surface area contributed by atoms with Crippen LogP contribution in [-0.2, 0) is 9.53 Å². The molecule has 0 saturated carbocycles. The summed E-state index contributed by atoms with van der Waals surface area (Å²) in [4.78, 5) is 23.9. The topological polar surface area (TPSA) is 126 Å². The number of amides is 2. The van der Waals surface area contributed by atoms with Gasteiger partial charge in [0.05, 0.1) is 4.47 Å². The van der Waals surface area contributed by atoms with Gasteiger partial charge in [-0.25, -0.2) is 10.3 Å². The van der Waals surface area contributed by atoms with E-state index in [-0.39, 0.29) is 18.5 Å². The third-order valence-corrected chi connectivity index (χ3v) is 5.96. The van der Waals surface area contributed by atoms with E-state index in [4.69, 9.17) is 19.4 Å². The number of phenolic OH excluding ortho intramolecular Hbond substituents is 1. The molecule has 3 rings (SSSR count). The third-order valence-electron chi connectivity index (χ3n) is 4.90. The van der Waals surface area contributed by atoms with E-state index in [0.717, 1.165) is 0 Å². The fourth-order valence-corrected chi connectivity index (χ4v) is 4.52. The van der Waals surface area contributed by atoms with Crippen LogP contribution in [0.3, 0.4) is 0 Å². The van der Waals surface area contributed by atoms with Crippen LogP contribution in [-0.4, -0.2) is 29.1 Å². The van der Waals surface area contributed by atoms with Gasteiger partial charge in [-0.15, -0.1) is 0 Å². The van der Waals surface area contributed by atoms with Gasteiger partial charge in [0.1, 0.15) is 11.9 Å². The Hall–Kier alpha value is -2.76. The van der Waals surface area contributed by atoms with Crippen LogP contribution < -0.4 is 20.3 Å². The molecule has 1 aliphatic rings. The van der Waals surface area contributed by atoms with Crippen LogP contribution in [0.5, 0.6) is 17.2 Å². The highest BCUT2D eigenvalue weighted by Gasteiger charge is 2.28. The first kappa shape index (κ1) is 24.9. The zero-order chi connectivity index (χ0) is 24.0. The second-order valence-electron chi connectivity index (χ2n) is 7.28. The zero-order valence-electron chi connectivity index (χ0n) is 17.5. The summed E-state index contributed by atoms with van der Waals surface area (Å²) in [5.41, 5.74) is 2.41. The van der Waals surface area contributed by atoms with Crippen molar-refractivity contribution in [2.75, 3.05) is 12.1 Å². The minimum absolute atomic E-state index is 0.0406. The monoisotopic (exact) mass is 584 g/mol. The molecule has 11 heteroatoms. The predicted molar refractivity (Wildman–Crippen MR) is 126 cm³/mol. The molecule has 0 fully saturated rings. The summed E-state index contributed by atoms with van der Waals surface area (Å²) < 4.78 is 17.5. The number of halogens is 2. The molecule has 33 heavy (non-hydrogen) atoms. The van der Waals surface area contributed by atoms with E-state index in [1.807, 2.05) is 6.92 Å². The Bertz CT molecular complexity index is 1060. The maximum absolute atomic E-state index is 12.7. The van der Waals surface area contributed by atoms with Gasteiger partial charge < -0.3 is 19.3 Å². The molecule has 0 aliphatic carbocycles. The van der Waals surface area contributed by atoms with Crippen molar-refractivity contribution in [1.29, 1.82) is 0 Å². The molecule has 0 aromatic heterocycles. The van der Waals surface area contributed by atoms with Crippen molar-refractivity contribution < 1.29 is 34.1 Å². The number of phenols is 1. The predicted octanol–water partition coefficient (Wildman–Crippen LogP) is 5.41. The van der Waals surface area contributed by atoms with Crippen molar-refractivity contribution in [2.45, 2.75) is 25.9 Å². The molecule has 0 radical (unpaired) electrons. The van der Waals surface area contributed by atoms with E-state index in [9.17, 15) is 14.7 Å². The van der Waals surface area contributed by atoms with Gasteiger partial charge in [0, 0.05) is 27.9 Å². The molecular weight excluding hydrogens is 564 g/mol. The SMILES string of the molecule is C[C@@H](CC/C=C/C(=O)NO)[C@@H](OC(=O)Nc1ccc2c(c1)OCO2)c1cc(Br)cc(Br)c1O. The van der Waals surface area contributed by atoms with Gasteiger partial charge in [-0.3, -0.25) is 15.3 Å². The molecule has 2 aromatic carbocycles. The molecule has 9 nitrogen and oxygen atoms in total. The first-order valence-corrected chi connectivity index (χ1v) is 11.5. The maximum Gasteiger partial charge on any atom is 0.412 e. The highest BCUT2D eigenvalue weighted by atomic mass is 79.9. The fraction of sp³-hybridized carbons (Fsp3) is 0.273. The molecule has 0 bridgehead atoms. The normalized spacial score (nSPS) is 14.1. The number of ether oxygens (including phenoxy) is 3. The fourth-order valence-electron chi connectivity index (χ4n) is 3.26. The van der Waals surface area contributed by atoms with Crippen LogP contribution in [0.2, 0.25) is 0 Å². The summed E-state index contributed by atoms with van der Waals surface area (Å²) >= 11 is 6.71. The molecule has 1 heterocycles. The van der Waals surface area contributed by atoms with Crippen LogP contribution in [0, 0.1) is 5.92 Å². The first-order valence-electron chi connectivity index (χ1n) is 9.94. The Morgan fingerprint density at radius 1 is 1.21 bits per heavy atom. The minimum atomic E-state index is -0.798. The number of rotatable bonds is 8. The first-order chi connectivity index (χ1) is 15.8. The van der Waals surface area contributed by atoms with Crippen molar-refractivity contribution in [3.63, 3.8) is 0 Å². The smallest absolute Gasteiger partial charge is 0.412 e. The van der Waals surface area contributed by atoms with Crippen LogP contribution in [0.25, 0.3) is 0 Å². The highest BCUT2D eigenvalue weighted by molar-refractivity contribution is 9.11. The molecule has 2 amide bonds. The lowest BCUT2D eigenvalue weighted by Gasteiger charge is -2.26. The summed E-state index contributed by atoms with van der Waals surface area (Å²) in [5.74, 6) is 0.201. The number of fused-ring (bicyclic) bond motifs is 1. The molecule has 4 N–H and O–H groups in total. The van der Waals surface area contributed by atoms with E-state index in [1.165, 1.54) is 11.6 Å². The van der Waals surface area contributed by atoms with Crippen molar-refractivity contribution in [2.24, 2.45) is 5.92 Å². The van der Waals surface area contributed by atoms with E-state index < -0.39 is 18.1 Å². The highest BCUT2D eigenvalue weighted by Crippen LogP contribution is 2.41. The summed E-state index contributed by atoms with van der Waals surface area (Å²) in [6, 6.07) is 8.35. The minimum Gasteiger partial charge on any atom is -0.506 e. The van der Waals surface area contributed by atoms with Gasteiger partial charge in [-0.2, -0.15) is 0 Å². The molecular formula is C22H22Br2N2O7. The number of allylic oxidation sites excluding steroid dienone is 1. The molecule has 1 aliphatic heterocycles. The van der Waals surface area contributed by atoms with Gasteiger partial charge >= 0.3 is 6.09 Å². The van der Waals surface area contributed by atoms with E-state index in [1.54, 1.807) is 36.4 Å². The van der Waals surface area contributed by atoms with Gasteiger partial charge in [-0.05, 0) is 59.0 Å². The Morgan fingerprint density at radius 3 is 2.73 bits per heavy atom. The second kappa shape index (κ2) is 11.4. The number of hydrogen-bond donors (Lipinski definition) is 4. The number of aromatic hydroxyl groups is 1. The maximum atomic E-state index is 12.7. The van der Waals surface area contributed by atoms with E-state index in [2.05, 4.69) is 37.2 Å². The number of hydrogen-bond acceptors (Lipinski definition) is 7. The summed E-state index contributed by atoms with van der Waals surface area (Å²) in [7, 11) is 0. The average Bonchev–Trinajstić information content (AvgIpc) is 3.25. The van der Waals surface area contributed by atoms with E-state index in [0.29, 0.717) is 44.5 Å². The molecule has 176 valence electrons. The Morgan fingerprint density at radius 2 is 1.97 bits per heavy atom. The number of carbonyl (C=O) groups excluding carboxylic acids is 2. The summed E-state index contributed by atoms with van der Waals surface area (Å²) in [5, 5.41) is 21.9. The van der Waals surface area contributed by atoms with Crippen LogP contribution in [0.15, 0.2) is 51.4 Å². The quantitative estimate of drug-likeness (QED) is 0.185. The number of carbonyl (C=O) groups is 2. The van der Waals surface area contributed by atoms with Crippen LogP contribution >= 0.6 is 31.9 Å². The number of hydroxylamine groups is 1. The Kier molecular flexibility index (Phi) is 8.59. The van der Waals surface area contributed by atoms with Gasteiger partial charge in [0.15, 0.2) is 11.5 Å². The lowest BCUT2D eigenvalue weighted by atomic mass is 9.92. The molecule has 2 atom stereocenters. The second-order valence-corrected chi connectivity index (χ2v) is 9.05. The van der Waals surface area contributed by atoms with Crippen molar-refractivity contribution in [3.8, 4) is 17.2 Å². The van der Waals surface area contributed by atoms with Crippen LogP contribution in [0.4, 0.5) is 10.5 Å². The van der Waals surface area contributed by atoms with Crippen molar-refractivity contribution in [3.05, 3.63) is 57.0 Å². The lowest BCUT2D eigenvalue weighted by molar-refractivity contribution is -0.124. The molecule has 0 spiro atoms. The van der Waals surface area contributed by atoms with Gasteiger partial charge in [-0.1, -0.05) is 28.9 Å². The molecule has 2 aromatic rings. The number of nitrogens with one attached hydrogen (secondary N) is 2. The zero-order valence-corrected chi connectivity index (χ0v) is 20.7. The average molecular weight is 586 g/mol. The Balaban J connectivity index is 1.77. The van der Waals surface area contributed by atoms with Gasteiger partial charge in [0.2, 0.25) is 6.79 Å². The number of anilines is 1. The van der Waals surface area contributed by atoms with Crippen molar-refractivity contribution in [1.82, 2.24) is 5.48 Å². The molecule has 0 unspecified atom stereocenters. The molecule has 0 saturated heterocycles. The van der Waals surface area contributed by atoms with Crippen LogP contribution in [0.1, 0.15) is 31.4 Å². The van der Waals surface area contributed by atoms with E-state index >= 15 is 0 Å². The summed E-state index contributed by atoms with van der Waals surface area (Å²) in [6.07, 6.45) is 2.31. The largest absolute Gasteiger partial charge is 0.506 e. The van der Waals surface area contributed by atoms with Crippen molar-refractivity contribution >= 4 is 49.5 Å². The number of benzene rings is 2. The standard InChI is InChI=1S/C22H22Br2N2O7/c1-12(4-2-3-5-19(27)26-30)21(15-8-13(23)9-16(24)20(15)28)33-22(29)25-14-6-7-17-18(10-14)32-11-31-17/h3,5-10,12,21,28,30H,2,4,11H2,1H3,(H,25,29)(H,26,27)/b5-3+/t12-,21+/m0/s1. The third kappa shape index (κ3) is 6.62. The lowest BCUT2D eigenvalue weighted by Crippen LogP contribution is -2.22. The Labute approximate surface area is 206 Å². The summed E-state index contributed by atoms with van der Waals surface area (Å²) in [6.45, 7) is 1.99. The van der Waals surface area contributed by atoms with Gasteiger partial charge in [0.25, 0.3) is 5.91 Å².